The maximum absolute atomic E-state index is 9.51. The highest BCUT2D eigenvalue weighted by Crippen LogP contribution is 2.28. The minimum Gasteiger partial charge on any atom is -0.419 e. The first-order valence-electron chi connectivity index (χ1n) is 6.62. The molecule has 6 heteroatoms. The van der Waals surface area contributed by atoms with Gasteiger partial charge in [0.25, 0.3) is 0 Å². The maximum Gasteiger partial charge on any atom is 0.248 e. The van der Waals surface area contributed by atoms with Crippen LogP contribution in [-0.2, 0) is 6.54 Å². The van der Waals surface area contributed by atoms with Crippen LogP contribution in [0.15, 0.2) is 27.1 Å². The summed E-state index contributed by atoms with van der Waals surface area (Å²) in [7, 11) is 0. The second-order valence-corrected chi connectivity index (χ2v) is 5.95. The molecule has 0 radical (unpaired) electrons. The molecule has 1 aliphatic rings. The Hall–Kier alpha value is -1.24. The first-order chi connectivity index (χ1) is 9.63. The van der Waals surface area contributed by atoms with E-state index in [4.69, 9.17) is 4.42 Å². The van der Waals surface area contributed by atoms with Crippen LogP contribution in [-0.4, -0.2) is 39.4 Å². The van der Waals surface area contributed by atoms with Crippen molar-refractivity contribution in [2.75, 3.05) is 13.1 Å². The topological polar surface area (TPSA) is 62.4 Å². The second kappa shape index (κ2) is 5.63. The zero-order chi connectivity index (χ0) is 14.1. The van der Waals surface area contributed by atoms with Gasteiger partial charge in [-0.15, -0.1) is 10.2 Å². The van der Waals surface area contributed by atoms with E-state index in [0.29, 0.717) is 24.9 Å². The molecular weight excluding hydrogens is 322 g/mol. The summed E-state index contributed by atoms with van der Waals surface area (Å²) < 4.78 is 6.76. The van der Waals surface area contributed by atoms with E-state index in [1.807, 2.05) is 25.1 Å². The average Bonchev–Trinajstić information content (AvgIpc) is 3.03. The van der Waals surface area contributed by atoms with Gasteiger partial charge in [-0.2, -0.15) is 0 Å². The smallest absolute Gasteiger partial charge is 0.248 e. The molecule has 1 unspecified atom stereocenters. The standard InChI is InChI=1S/C14H16BrN3O2/c1-9-11(3-2-4-12(9)15)14-17-16-13(20-14)8-18-6-5-10(19)7-18/h2-4,10,19H,5-8H2,1H3. The predicted molar refractivity (Wildman–Crippen MR) is 78.1 cm³/mol. The fraction of sp³-hybridized carbons (Fsp3) is 0.429. The number of likely N-dealkylation sites (tertiary alicyclic amines) is 1. The lowest BCUT2D eigenvalue weighted by molar-refractivity contribution is 0.171. The molecule has 106 valence electrons. The lowest BCUT2D eigenvalue weighted by Gasteiger charge is -2.10. The van der Waals surface area contributed by atoms with Gasteiger partial charge in [-0.1, -0.05) is 22.0 Å². The molecule has 3 rings (SSSR count). The second-order valence-electron chi connectivity index (χ2n) is 5.09. The Balaban J connectivity index is 1.78. The van der Waals surface area contributed by atoms with Gasteiger partial charge in [-0.3, -0.25) is 4.90 Å². The number of rotatable bonds is 3. The van der Waals surface area contributed by atoms with E-state index in [2.05, 4.69) is 31.0 Å². The first kappa shape index (κ1) is 13.7. The van der Waals surface area contributed by atoms with Gasteiger partial charge in [-0.05, 0) is 31.0 Å². The Bertz CT molecular complexity index is 614. The molecule has 20 heavy (non-hydrogen) atoms. The molecule has 0 spiro atoms. The average molecular weight is 338 g/mol. The van der Waals surface area contributed by atoms with Crippen molar-refractivity contribution in [2.24, 2.45) is 0 Å². The van der Waals surface area contributed by atoms with Crippen LogP contribution in [0.3, 0.4) is 0 Å². The van der Waals surface area contributed by atoms with Crippen molar-refractivity contribution in [1.82, 2.24) is 15.1 Å². The highest BCUT2D eigenvalue weighted by molar-refractivity contribution is 9.10. The van der Waals surface area contributed by atoms with Gasteiger partial charge >= 0.3 is 0 Å². The van der Waals surface area contributed by atoms with Gasteiger partial charge in [0, 0.05) is 23.1 Å². The number of aromatic nitrogens is 2. The summed E-state index contributed by atoms with van der Waals surface area (Å²) in [5.74, 6) is 1.13. The molecule has 1 atom stereocenters. The molecule has 1 saturated heterocycles. The molecule has 1 fully saturated rings. The minimum absolute atomic E-state index is 0.232. The van der Waals surface area contributed by atoms with Gasteiger partial charge in [0.15, 0.2) is 0 Å². The van der Waals surface area contributed by atoms with Crippen molar-refractivity contribution in [3.63, 3.8) is 0 Å². The van der Waals surface area contributed by atoms with Crippen LogP contribution in [0.2, 0.25) is 0 Å². The molecule has 0 saturated carbocycles. The van der Waals surface area contributed by atoms with Gasteiger partial charge < -0.3 is 9.52 Å². The van der Waals surface area contributed by atoms with E-state index < -0.39 is 0 Å². The zero-order valence-corrected chi connectivity index (χ0v) is 12.8. The largest absolute Gasteiger partial charge is 0.419 e. The molecule has 2 aromatic rings. The molecule has 0 amide bonds. The van der Waals surface area contributed by atoms with Crippen molar-refractivity contribution >= 4 is 15.9 Å². The molecule has 2 heterocycles. The summed E-state index contributed by atoms with van der Waals surface area (Å²) in [4.78, 5) is 2.12. The summed E-state index contributed by atoms with van der Waals surface area (Å²) in [6.45, 7) is 4.15. The third kappa shape index (κ3) is 2.77. The number of β-amino-alcohol motifs (C(OH)–C–C–N with tert-alkyl or cyclic N) is 1. The number of nitrogens with zero attached hydrogens (tertiary/aromatic N) is 3. The lowest BCUT2D eigenvalue weighted by Crippen LogP contribution is -2.21. The van der Waals surface area contributed by atoms with E-state index in [0.717, 1.165) is 28.6 Å². The first-order valence-corrected chi connectivity index (χ1v) is 7.41. The highest BCUT2D eigenvalue weighted by Gasteiger charge is 2.22. The number of halogens is 1. The quantitative estimate of drug-likeness (QED) is 0.931. The SMILES string of the molecule is Cc1c(Br)cccc1-c1nnc(CN2CCC(O)C2)o1. The third-order valence-electron chi connectivity index (χ3n) is 3.57. The van der Waals surface area contributed by atoms with Crippen LogP contribution in [0.1, 0.15) is 17.9 Å². The fourth-order valence-electron chi connectivity index (χ4n) is 2.41. The molecule has 5 nitrogen and oxygen atoms in total. The summed E-state index contributed by atoms with van der Waals surface area (Å²) in [6, 6.07) is 5.91. The lowest BCUT2D eigenvalue weighted by atomic mass is 10.1. The number of aliphatic hydroxyl groups excluding tert-OH is 1. The van der Waals surface area contributed by atoms with Gasteiger partial charge in [0.2, 0.25) is 11.8 Å². The van der Waals surface area contributed by atoms with E-state index >= 15 is 0 Å². The summed E-state index contributed by atoms with van der Waals surface area (Å²) >= 11 is 3.50. The van der Waals surface area contributed by atoms with Crippen LogP contribution in [0, 0.1) is 6.92 Å². The van der Waals surface area contributed by atoms with Crippen LogP contribution in [0.5, 0.6) is 0 Å². The number of hydrogen-bond acceptors (Lipinski definition) is 5. The Morgan fingerprint density at radius 1 is 1.45 bits per heavy atom. The molecule has 1 aliphatic heterocycles. The predicted octanol–water partition coefficient (Wildman–Crippen LogP) is 2.37. The van der Waals surface area contributed by atoms with Gasteiger partial charge in [-0.25, -0.2) is 0 Å². The van der Waals surface area contributed by atoms with E-state index in [-0.39, 0.29) is 6.10 Å². The Morgan fingerprint density at radius 3 is 3.05 bits per heavy atom. The van der Waals surface area contributed by atoms with Crippen LogP contribution >= 0.6 is 15.9 Å². The molecule has 0 aliphatic carbocycles. The minimum atomic E-state index is -0.232. The fourth-order valence-corrected chi connectivity index (χ4v) is 2.78. The van der Waals surface area contributed by atoms with Crippen LogP contribution < -0.4 is 0 Å². The van der Waals surface area contributed by atoms with Crippen LogP contribution in [0.25, 0.3) is 11.5 Å². The van der Waals surface area contributed by atoms with Gasteiger partial charge in [0.1, 0.15) is 0 Å². The van der Waals surface area contributed by atoms with Crippen molar-refractivity contribution in [2.45, 2.75) is 26.0 Å². The molecule has 1 aromatic heterocycles. The van der Waals surface area contributed by atoms with Crippen molar-refractivity contribution in [3.8, 4) is 11.5 Å². The number of hydrogen-bond donors (Lipinski definition) is 1. The highest BCUT2D eigenvalue weighted by atomic mass is 79.9. The zero-order valence-electron chi connectivity index (χ0n) is 11.2. The van der Waals surface area contributed by atoms with Crippen molar-refractivity contribution in [3.05, 3.63) is 34.1 Å². The normalized spacial score (nSPS) is 19.6. The molecule has 1 N–H and O–H groups in total. The molecule has 0 bridgehead atoms. The summed E-state index contributed by atoms with van der Waals surface area (Å²) in [5.41, 5.74) is 2.03. The Morgan fingerprint density at radius 2 is 2.30 bits per heavy atom. The maximum atomic E-state index is 9.51. The number of aliphatic hydroxyl groups is 1. The Labute approximate surface area is 125 Å². The third-order valence-corrected chi connectivity index (χ3v) is 4.43. The summed E-state index contributed by atoms with van der Waals surface area (Å²) in [5, 5.41) is 17.7. The van der Waals surface area contributed by atoms with Crippen molar-refractivity contribution in [1.29, 1.82) is 0 Å². The molecule has 1 aromatic carbocycles. The monoisotopic (exact) mass is 337 g/mol. The Kier molecular flexibility index (Phi) is 3.87. The van der Waals surface area contributed by atoms with Crippen molar-refractivity contribution < 1.29 is 9.52 Å². The van der Waals surface area contributed by atoms with Crippen LogP contribution in [0.4, 0.5) is 0 Å². The molecular formula is C14H16BrN3O2. The van der Waals surface area contributed by atoms with E-state index in [1.165, 1.54) is 0 Å². The van der Waals surface area contributed by atoms with E-state index in [1.54, 1.807) is 0 Å². The summed E-state index contributed by atoms with van der Waals surface area (Å²) in [6.07, 6.45) is 0.579. The van der Waals surface area contributed by atoms with E-state index in [9.17, 15) is 5.11 Å². The number of benzene rings is 1. The van der Waals surface area contributed by atoms with Gasteiger partial charge in [0.05, 0.1) is 12.6 Å².